The van der Waals surface area contributed by atoms with Gasteiger partial charge in [-0.15, -0.1) is 0 Å². The fourth-order valence-electron chi connectivity index (χ4n) is 2.75. The molecular weight excluding hydrogens is 209 g/mol. The van der Waals surface area contributed by atoms with E-state index in [0.29, 0.717) is 18.8 Å². The number of benzene rings is 1. The Morgan fingerprint density at radius 1 is 1.38 bits per heavy atom. The van der Waals surface area contributed by atoms with E-state index in [0.717, 1.165) is 0 Å². The van der Waals surface area contributed by atoms with Gasteiger partial charge < -0.3 is 9.57 Å². The second-order valence-electron chi connectivity index (χ2n) is 4.43. The highest BCUT2D eigenvalue weighted by atomic mass is 19.1. The summed E-state index contributed by atoms with van der Waals surface area (Å²) >= 11 is 0. The third kappa shape index (κ3) is 1.18. The molecule has 0 saturated carbocycles. The van der Waals surface area contributed by atoms with Crippen LogP contribution in [0.4, 0.5) is 4.39 Å². The van der Waals surface area contributed by atoms with Crippen LogP contribution < -0.4 is 5.48 Å². The smallest absolute Gasteiger partial charge is 0.128 e. The third-order valence-electron chi connectivity index (χ3n) is 3.68. The van der Waals surface area contributed by atoms with E-state index in [1.54, 1.807) is 12.1 Å². The highest BCUT2D eigenvalue weighted by Gasteiger charge is 2.55. The molecule has 0 radical (unpaired) electrons. The molecule has 1 aromatic rings. The van der Waals surface area contributed by atoms with Gasteiger partial charge >= 0.3 is 0 Å². The van der Waals surface area contributed by atoms with Crippen molar-refractivity contribution in [3.8, 4) is 0 Å². The van der Waals surface area contributed by atoms with Crippen molar-refractivity contribution in [2.45, 2.75) is 18.6 Å². The lowest BCUT2D eigenvalue weighted by Gasteiger charge is -2.31. The Hall–Kier alpha value is -0.970. The lowest BCUT2D eigenvalue weighted by atomic mass is 9.78. The minimum atomic E-state index is -0.522. The maximum absolute atomic E-state index is 13.9. The first-order chi connectivity index (χ1) is 7.75. The van der Waals surface area contributed by atoms with E-state index in [9.17, 15) is 4.39 Å². The molecule has 3 nitrogen and oxygen atoms in total. The van der Waals surface area contributed by atoms with Gasteiger partial charge in [-0.3, -0.25) is 0 Å². The monoisotopic (exact) mass is 223 g/mol. The quantitative estimate of drug-likeness (QED) is 0.784. The van der Waals surface area contributed by atoms with E-state index in [4.69, 9.17) is 9.57 Å². The molecule has 3 unspecified atom stereocenters. The van der Waals surface area contributed by atoms with Crippen molar-refractivity contribution in [1.29, 1.82) is 0 Å². The Kier molecular flexibility index (Phi) is 2.24. The number of hydrogen-bond donors (Lipinski definition) is 1. The zero-order valence-corrected chi connectivity index (χ0v) is 9.07. The normalized spacial score (nSPS) is 37.6. The zero-order chi connectivity index (χ0) is 11.2. The number of hydrogen-bond acceptors (Lipinski definition) is 3. The molecule has 3 rings (SSSR count). The molecular formula is C12H14FNO2. The molecule has 0 amide bonds. The molecule has 2 fully saturated rings. The molecule has 2 aliphatic heterocycles. The summed E-state index contributed by atoms with van der Waals surface area (Å²) in [7, 11) is 0. The highest BCUT2D eigenvalue weighted by molar-refractivity contribution is 5.30. The molecule has 0 bridgehead atoms. The molecule has 2 aliphatic rings. The topological polar surface area (TPSA) is 30.5 Å². The van der Waals surface area contributed by atoms with Crippen LogP contribution in [0, 0.1) is 11.7 Å². The van der Waals surface area contributed by atoms with Crippen LogP contribution in [0.5, 0.6) is 0 Å². The van der Waals surface area contributed by atoms with Gasteiger partial charge in [0.25, 0.3) is 0 Å². The van der Waals surface area contributed by atoms with E-state index < -0.39 is 5.54 Å². The van der Waals surface area contributed by atoms with Gasteiger partial charge in [-0.05, 0) is 13.0 Å². The van der Waals surface area contributed by atoms with Crippen LogP contribution >= 0.6 is 0 Å². The average molecular weight is 223 g/mol. The molecule has 1 aromatic carbocycles. The molecule has 3 atom stereocenters. The number of ether oxygens (including phenoxy) is 1. The summed E-state index contributed by atoms with van der Waals surface area (Å²) in [6.07, 6.45) is -0.0862. The molecule has 0 aliphatic carbocycles. The molecule has 4 heteroatoms. The Balaban J connectivity index is 2.13. The van der Waals surface area contributed by atoms with Crippen molar-refractivity contribution in [2.24, 2.45) is 5.92 Å². The first kappa shape index (κ1) is 10.2. The lowest BCUT2D eigenvalue weighted by molar-refractivity contribution is -0.00956. The van der Waals surface area contributed by atoms with Crippen molar-refractivity contribution in [3.63, 3.8) is 0 Å². The Bertz CT molecular complexity index is 412. The highest BCUT2D eigenvalue weighted by Crippen LogP contribution is 2.44. The van der Waals surface area contributed by atoms with Crippen molar-refractivity contribution >= 4 is 0 Å². The van der Waals surface area contributed by atoms with Gasteiger partial charge in [-0.2, -0.15) is 5.48 Å². The molecule has 16 heavy (non-hydrogen) atoms. The molecule has 2 heterocycles. The minimum Gasteiger partial charge on any atom is -0.376 e. The summed E-state index contributed by atoms with van der Waals surface area (Å²) < 4.78 is 19.5. The first-order valence-electron chi connectivity index (χ1n) is 5.50. The maximum Gasteiger partial charge on any atom is 0.128 e. The van der Waals surface area contributed by atoms with Crippen molar-refractivity contribution in [3.05, 3.63) is 35.6 Å². The largest absolute Gasteiger partial charge is 0.376 e. The maximum atomic E-state index is 13.9. The number of hydroxylamine groups is 1. The van der Waals surface area contributed by atoms with E-state index in [1.165, 1.54) is 6.07 Å². The van der Waals surface area contributed by atoms with Crippen molar-refractivity contribution in [1.82, 2.24) is 5.48 Å². The fraction of sp³-hybridized carbons (Fsp3) is 0.500. The van der Waals surface area contributed by atoms with Crippen LogP contribution in [0.2, 0.25) is 0 Å². The zero-order valence-electron chi connectivity index (χ0n) is 9.07. The standard InChI is InChI=1S/C12H14FNO2/c1-8-12(9(6-15-8)7-16-14-12)10-4-2-3-5-11(10)13/h2-5,8-9,14H,6-7H2,1H3. The molecule has 86 valence electrons. The summed E-state index contributed by atoms with van der Waals surface area (Å²) in [6, 6.07) is 6.82. The Morgan fingerprint density at radius 2 is 2.19 bits per heavy atom. The summed E-state index contributed by atoms with van der Waals surface area (Å²) in [5, 5.41) is 0. The van der Waals surface area contributed by atoms with Gasteiger partial charge in [-0.25, -0.2) is 4.39 Å². The number of halogens is 1. The van der Waals surface area contributed by atoms with Crippen molar-refractivity contribution < 1.29 is 14.0 Å². The summed E-state index contributed by atoms with van der Waals surface area (Å²) in [6.45, 7) is 3.13. The second-order valence-corrected chi connectivity index (χ2v) is 4.43. The molecule has 0 aromatic heterocycles. The van der Waals surface area contributed by atoms with Crippen LogP contribution in [0.3, 0.4) is 0 Å². The Morgan fingerprint density at radius 3 is 3.00 bits per heavy atom. The first-order valence-corrected chi connectivity index (χ1v) is 5.50. The van der Waals surface area contributed by atoms with Gasteiger partial charge in [0.05, 0.1) is 19.3 Å². The van der Waals surface area contributed by atoms with E-state index in [1.807, 2.05) is 13.0 Å². The van der Waals surface area contributed by atoms with E-state index in [2.05, 4.69) is 5.48 Å². The van der Waals surface area contributed by atoms with Crippen LogP contribution in [0.15, 0.2) is 24.3 Å². The SMILES string of the molecule is CC1OCC2CONC21c1ccccc1F. The van der Waals surface area contributed by atoms with Crippen LogP contribution in [-0.2, 0) is 15.1 Å². The average Bonchev–Trinajstić information content (AvgIpc) is 2.82. The van der Waals surface area contributed by atoms with Gasteiger partial charge in [-0.1, -0.05) is 18.2 Å². The second kappa shape index (κ2) is 3.52. The van der Waals surface area contributed by atoms with Crippen molar-refractivity contribution in [2.75, 3.05) is 13.2 Å². The van der Waals surface area contributed by atoms with Gasteiger partial charge in [0.15, 0.2) is 0 Å². The summed E-state index contributed by atoms with van der Waals surface area (Å²) in [5.74, 6) is -0.0257. The van der Waals surface area contributed by atoms with Crippen LogP contribution in [0.1, 0.15) is 12.5 Å². The molecule has 2 saturated heterocycles. The predicted molar refractivity (Wildman–Crippen MR) is 56.1 cm³/mol. The third-order valence-corrected chi connectivity index (χ3v) is 3.68. The minimum absolute atomic E-state index is 0.0862. The Labute approximate surface area is 93.5 Å². The van der Waals surface area contributed by atoms with Gasteiger partial charge in [0, 0.05) is 11.5 Å². The van der Waals surface area contributed by atoms with Gasteiger partial charge in [0.2, 0.25) is 0 Å². The number of nitrogens with one attached hydrogen (secondary N) is 1. The number of fused-ring (bicyclic) bond motifs is 1. The number of rotatable bonds is 1. The fourth-order valence-corrected chi connectivity index (χ4v) is 2.75. The lowest BCUT2D eigenvalue weighted by Crippen LogP contribution is -2.47. The predicted octanol–water partition coefficient (Wildman–Crippen LogP) is 1.59. The van der Waals surface area contributed by atoms with Crippen LogP contribution in [0.25, 0.3) is 0 Å². The van der Waals surface area contributed by atoms with Crippen LogP contribution in [-0.4, -0.2) is 19.3 Å². The van der Waals surface area contributed by atoms with Gasteiger partial charge in [0.1, 0.15) is 11.4 Å². The summed E-state index contributed by atoms with van der Waals surface area (Å²) in [4.78, 5) is 5.30. The molecule has 0 spiro atoms. The van der Waals surface area contributed by atoms with E-state index in [-0.39, 0.29) is 17.8 Å². The van der Waals surface area contributed by atoms with E-state index >= 15 is 0 Å². The summed E-state index contributed by atoms with van der Waals surface area (Å²) in [5.41, 5.74) is 3.09. The molecule has 1 N–H and O–H groups in total.